The second-order valence-electron chi connectivity index (χ2n) is 6.52. The molecule has 0 N–H and O–H groups in total. The number of piperazine rings is 1. The van der Waals surface area contributed by atoms with E-state index in [2.05, 4.69) is 15.1 Å². The summed E-state index contributed by atoms with van der Waals surface area (Å²) >= 11 is 5.73. The van der Waals surface area contributed by atoms with Gasteiger partial charge in [-0.15, -0.1) is 0 Å². The molecular weight excluding hydrogens is 429 g/mol. The number of rotatable bonds is 5. The highest BCUT2D eigenvalue weighted by atomic mass is 35.5. The van der Waals surface area contributed by atoms with Gasteiger partial charge in [-0.05, 0) is 6.92 Å². The average molecular weight is 449 g/mol. The molecule has 0 bridgehead atoms. The van der Waals surface area contributed by atoms with Crippen LogP contribution in [-0.4, -0.2) is 71.0 Å². The molecule has 13 heteroatoms. The molecular formula is C17H20ClF3N6O3. The van der Waals surface area contributed by atoms with E-state index in [1.807, 2.05) is 4.90 Å². The fourth-order valence-electron chi connectivity index (χ4n) is 2.99. The number of amides is 1. The highest BCUT2D eigenvalue weighted by Gasteiger charge is 2.38. The molecule has 0 aliphatic carbocycles. The third-order valence-corrected chi connectivity index (χ3v) is 5.14. The van der Waals surface area contributed by atoms with Crippen LogP contribution in [0.3, 0.4) is 0 Å². The van der Waals surface area contributed by atoms with Crippen LogP contribution in [-0.2, 0) is 17.5 Å². The monoisotopic (exact) mass is 448 g/mol. The van der Waals surface area contributed by atoms with Crippen LogP contribution in [0.1, 0.15) is 11.4 Å². The molecule has 2 aromatic heterocycles. The summed E-state index contributed by atoms with van der Waals surface area (Å²) in [5.74, 6) is 0.751. The van der Waals surface area contributed by atoms with E-state index in [1.54, 1.807) is 11.0 Å². The standard InChI is InChI=1S/C17H20ClF3N6O3/c1-10-14(18)15(17(19,20)21)24-27(10)9-13(28)25-4-6-26(7-5-25)16-22-11(29-2)8-12(23-16)30-3/h8H,4-7,9H2,1-3H3. The lowest BCUT2D eigenvalue weighted by Gasteiger charge is -2.34. The molecule has 2 aromatic rings. The third kappa shape index (κ3) is 4.53. The zero-order valence-electron chi connectivity index (χ0n) is 16.5. The fourth-order valence-corrected chi connectivity index (χ4v) is 3.23. The van der Waals surface area contributed by atoms with Crippen LogP contribution >= 0.6 is 11.6 Å². The van der Waals surface area contributed by atoms with E-state index in [0.29, 0.717) is 43.9 Å². The summed E-state index contributed by atoms with van der Waals surface area (Å²) < 4.78 is 50.1. The quantitative estimate of drug-likeness (QED) is 0.691. The van der Waals surface area contributed by atoms with E-state index < -0.39 is 16.9 Å². The Kier molecular flexibility index (Phi) is 6.25. The summed E-state index contributed by atoms with van der Waals surface area (Å²) in [6.45, 7) is 2.64. The number of aromatic nitrogens is 4. The number of methoxy groups -OCH3 is 2. The van der Waals surface area contributed by atoms with E-state index >= 15 is 0 Å². The minimum atomic E-state index is -4.68. The molecule has 30 heavy (non-hydrogen) atoms. The first-order chi connectivity index (χ1) is 14.1. The van der Waals surface area contributed by atoms with Crippen LogP contribution in [0.5, 0.6) is 11.8 Å². The Labute approximate surface area is 175 Å². The Hall–Kier alpha value is -2.76. The highest BCUT2D eigenvalue weighted by molar-refractivity contribution is 6.32. The summed E-state index contributed by atoms with van der Waals surface area (Å²) in [4.78, 5) is 24.6. The molecule has 9 nitrogen and oxygen atoms in total. The number of halogens is 4. The molecule has 1 saturated heterocycles. The van der Waals surface area contributed by atoms with Crippen LogP contribution in [0.4, 0.5) is 19.1 Å². The molecule has 1 aliphatic heterocycles. The maximum absolute atomic E-state index is 13.0. The van der Waals surface area contributed by atoms with Crippen molar-refractivity contribution in [1.82, 2.24) is 24.6 Å². The first-order valence-corrected chi connectivity index (χ1v) is 9.31. The van der Waals surface area contributed by atoms with Gasteiger partial charge >= 0.3 is 6.18 Å². The van der Waals surface area contributed by atoms with Crippen LogP contribution < -0.4 is 14.4 Å². The highest BCUT2D eigenvalue weighted by Crippen LogP contribution is 2.35. The van der Waals surface area contributed by atoms with Crippen molar-refractivity contribution in [2.45, 2.75) is 19.6 Å². The largest absolute Gasteiger partial charge is 0.481 e. The van der Waals surface area contributed by atoms with Gasteiger partial charge in [0.1, 0.15) is 6.54 Å². The van der Waals surface area contributed by atoms with Gasteiger partial charge in [-0.2, -0.15) is 28.2 Å². The SMILES string of the molecule is COc1cc(OC)nc(N2CCN(C(=O)Cn3nc(C(F)(F)F)c(Cl)c3C)CC2)n1. The number of carbonyl (C=O) groups is 1. The first-order valence-electron chi connectivity index (χ1n) is 8.94. The number of alkyl halides is 3. The number of nitrogens with zero attached hydrogens (tertiary/aromatic N) is 6. The lowest BCUT2D eigenvalue weighted by molar-refractivity contribution is -0.142. The Bertz CT molecular complexity index is 906. The van der Waals surface area contributed by atoms with Crippen LogP contribution in [0.15, 0.2) is 6.07 Å². The molecule has 0 saturated carbocycles. The average Bonchev–Trinajstić information content (AvgIpc) is 3.02. The number of hydrogen-bond acceptors (Lipinski definition) is 7. The molecule has 3 heterocycles. The van der Waals surface area contributed by atoms with Crippen molar-refractivity contribution in [2.24, 2.45) is 0 Å². The van der Waals surface area contributed by atoms with Crippen LogP contribution in [0.25, 0.3) is 0 Å². The van der Waals surface area contributed by atoms with Gasteiger partial charge in [-0.3, -0.25) is 9.48 Å². The molecule has 0 spiro atoms. The maximum Gasteiger partial charge on any atom is 0.436 e. The summed E-state index contributed by atoms with van der Waals surface area (Å²) in [7, 11) is 2.96. The van der Waals surface area contributed by atoms with Gasteiger partial charge in [0, 0.05) is 26.2 Å². The van der Waals surface area contributed by atoms with Crippen molar-refractivity contribution in [3.8, 4) is 11.8 Å². The van der Waals surface area contributed by atoms with E-state index in [4.69, 9.17) is 21.1 Å². The molecule has 1 fully saturated rings. The third-order valence-electron chi connectivity index (χ3n) is 4.69. The van der Waals surface area contributed by atoms with Gasteiger partial charge in [0.25, 0.3) is 0 Å². The zero-order valence-corrected chi connectivity index (χ0v) is 17.3. The molecule has 0 atom stereocenters. The predicted molar refractivity (Wildman–Crippen MR) is 101 cm³/mol. The van der Waals surface area contributed by atoms with Crippen molar-refractivity contribution in [1.29, 1.82) is 0 Å². The second kappa shape index (κ2) is 8.54. The summed E-state index contributed by atoms with van der Waals surface area (Å²) in [5, 5.41) is 2.97. The lowest BCUT2D eigenvalue weighted by atomic mass is 10.3. The fraction of sp³-hybridized carbons (Fsp3) is 0.529. The van der Waals surface area contributed by atoms with E-state index in [9.17, 15) is 18.0 Å². The smallest absolute Gasteiger partial charge is 0.436 e. The summed E-state index contributed by atoms with van der Waals surface area (Å²) in [6.07, 6.45) is -4.68. The number of anilines is 1. The van der Waals surface area contributed by atoms with Crippen LogP contribution in [0.2, 0.25) is 5.02 Å². The van der Waals surface area contributed by atoms with E-state index in [0.717, 1.165) is 4.68 Å². The molecule has 164 valence electrons. The summed E-state index contributed by atoms with van der Waals surface area (Å²) in [6, 6.07) is 1.55. The number of carbonyl (C=O) groups excluding carboxylic acids is 1. The van der Waals surface area contributed by atoms with Gasteiger partial charge in [-0.25, -0.2) is 0 Å². The molecule has 0 unspecified atom stereocenters. The minimum Gasteiger partial charge on any atom is -0.481 e. The Balaban J connectivity index is 1.65. The Morgan fingerprint density at radius 3 is 2.17 bits per heavy atom. The number of ether oxygens (including phenoxy) is 2. The molecule has 3 rings (SSSR count). The molecule has 1 aliphatic rings. The van der Waals surface area contributed by atoms with E-state index in [1.165, 1.54) is 21.1 Å². The Morgan fingerprint density at radius 2 is 1.70 bits per heavy atom. The van der Waals surface area contributed by atoms with Crippen molar-refractivity contribution in [3.05, 3.63) is 22.5 Å². The van der Waals surface area contributed by atoms with Gasteiger partial charge in [0.05, 0.1) is 31.0 Å². The van der Waals surface area contributed by atoms with Gasteiger partial charge < -0.3 is 19.3 Å². The van der Waals surface area contributed by atoms with Crippen molar-refractivity contribution >= 4 is 23.5 Å². The van der Waals surface area contributed by atoms with Crippen molar-refractivity contribution in [3.63, 3.8) is 0 Å². The predicted octanol–water partition coefficient (Wildman–Crippen LogP) is 2.02. The molecule has 0 aromatic carbocycles. The van der Waals surface area contributed by atoms with Gasteiger partial charge in [0.15, 0.2) is 5.69 Å². The molecule has 0 radical (unpaired) electrons. The van der Waals surface area contributed by atoms with Gasteiger partial charge in [0.2, 0.25) is 23.6 Å². The van der Waals surface area contributed by atoms with Crippen LogP contribution in [0, 0.1) is 6.92 Å². The topological polar surface area (TPSA) is 85.6 Å². The van der Waals surface area contributed by atoms with Crippen molar-refractivity contribution in [2.75, 3.05) is 45.3 Å². The normalized spacial score (nSPS) is 14.8. The first kappa shape index (κ1) is 21.9. The van der Waals surface area contributed by atoms with Gasteiger partial charge in [-0.1, -0.05) is 11.6 Å². The zero-order chi connectivity index (χ0) is 22.1. The summed E-state index contributed by atoms with van der Waals surface area (Å²) in [5.41, 5.74) is -1.10. The van der Waals surface area contributed by atoms with Crippen molar-refractivity contribution < 1.29 is 27.4 Å². The Morgan fingerprint density at radius 1 is 1.13 bits per heavy atom. The maximum atomic E-state index is 13.0. The van der Waals surface area contributed by atoms with E-state index in [-0.39, 0.29) is 18.1 Å². The second-order valence-corrected chi connectivity index (χ2v) is 6.90. The molecule has 1 amide bonds. The minimum absolute atomic E-state index is 0.0906. The number of hydrogen-bond donors (Lipinski definition) is 0. The lowest BCUT2D eigenvalue weighted by Crippen LogP contribution is -2.50.